The van der Waals surface area contributed by atoms with E-state index in [0.29, 0.717) is 0 Å². The highest BCUT2D eigenvalue weighted by molar-refractivity contribution is 5.95. The molecule has 0 aromatic carbocycles. The highest BCUT2D eigenvalue weighted by Gasteiger charge is 2.15. The van der Waals surface area contributed by atoms with Gasteiger partial charge in [0.2, 0.25) is 0 Å². The Kier molecular flexibility index (Phi) is 4.39. The molecule has 0 amide bonds. The zero-order chi connectivity index (χ0) is 10.3. The van der Waals surface area contributed by atoms with Gasteiger partial charge in [0.05, 0.1) is 6.61 Å². The highest BCUT2D eigenvalue weighted by Crippen LogP contribution is 2.03. The molecule has 0 saturated heterocycles. The smallest absolute Gasteiger partial charge is 0.351 e. The maximum atomic E-state index is 10.9. The Hall–Kier alpha value is -2.32. The number of allylic oxidation sites excluding steroid dienone is 1. The van der Waals surface area contributed by atoms with E-state index in [1.165, 1.54) is 18.2 Å². The molecule has 5 nitrogen and oxygen atoms in total. The fourth-order valence-electron chi connectivity index (χ4n) is 0.544. The number of nitriles is 3. The topological polar surface area (TPSA) is 97.7 Å². The number of hydrogen-bond donors (Lipinski definition) is 0. The molecule has 0 atom stereocenters. The molecule has 0 aromatic rings. The van der Waals surface area contributed by atoms with E-state index in [1.54, 1.807) is 6.92 Å². The summed E-state index contributed by atoms with van der Waals surface area (Å²) in [7, 11) is 0. The van der Waals surface area contributed by atoms with E-state index in [4.69, 9.17) is 15.8 Å². The van der Waals surface area contributed by atoms with Gasteiger partial charge in [-0.15, -0.1) is 0 Å². The summed E-state index contributed by atoms with van der Waals surface area (Å²) in [5.41, 5.74) is -1.08. The second kappa shape index (κ2) is 5.35. The Balaban J connectivity index is 5.06. The second-order valence-corrected chi connectivity index (χ2v) is 1.81. The summed E-state index contributed by atoms with van der Waals surface area (Å²) in [5.74, 6) is -0.942. The van der Waals surface area contributed by atoms with Gasteiger partial charge in [-0.1, -0.05) is 0 Å². The van der Waals surface area contributed by atoms with Crippen molar-refractivity contribution in [1.82, 2.24) is 0 Å². The first-order valence-electron chi connectivity index (χ1n) is 3.32. The number of carbonyl (C=O) groups excluding carboxylic acids is 1. The Morgan fingerprint density at radius 3 is 2.08 bits per heavy atom. The molecule has 0 spiro atoms. The van der Waals surface area contributed by atoms with Crippen LogP contribution in [0.25, 0.3) is 0 Å². The average Bonchev–Trinajstić information content (AvgIpc) is 2.14. The molecule has 0 aliphatic carbocycles. The van der Waals surface area contributed by atoms with Gasteiger partial charge in [-0.25, -0.2) is 4.79 Å². The normalized spacial score (nSPS) is 7.23. The van der Waals surface area contributed by atoms with Crippen molar-refractivity contribution in [2.75, 3.05) is 6.61 Å². The van der Waals surface area contributed by atoms with E-state index in [9.17, 15) is 4.79 Å². The Labute approximate surface area is 75.1 Å². The summed E-state index contributed by atoms with van der Waals surface area (Å²) in [6, 6.07) is 4.32. The van der Waals surface area contributed by atoms with E-state index in [-0.39, 0.29) is 6.61 Å². The lowest BCUT2D eigenvalue weighted by Crippen LogP contribution is -2.08. The van der Waals surface area contributed by atoms with Gasteiger partial charge >= 0.3 is 5.97 Å². The lowest BCUT2D eigenvalue weighted by atomic mass is 10.1. The predicted octanol–water partition coefficient (Wildman–Crippen LogP) is 0.417. The third kappa shape index (κ3) is 2.65. The van der Waals surface area contributed by atoms with Crippen molar-refractivity contribution in [3.63, 3.8) is 0 Å². The van der Waals surface area contributed by atoms with Gasteiger partial charge in [0, 0.05) is 0 Å². The summed E-state index contributed by atoms with van der Waals surface area (Å²) in [5, 5.41) is 25.2. The first-order valence-corrected chi connectivity index (χ1v) is 3.32. The summed E-state index contributed by atoms with van der Waals surface area (Å²) in [6.07, 6.45) is 0. The van der Waals surface area contributed by atoms with Crippen molar-refractivity contribution in [2.24, 2.45) is 0 Å². The minimum absolute atomic E-state index is 0.0914. The number of rotatable bonds is 2. The second-order valence-electron chi connectivity index (χ2n) is 1.81. The van der Waals surface area contributed by atoms with Crippen LogP contribution in [0.2, 0.25) is 0 Å². The van der Waals surface area contributed by atoms with Crippen molar-refractivity contribution >= 4 is 5.97 Å². The molecule has 0 N–H and O–H groups in total. The molecule has 0 aliphatic rings. The van der Waals surface area contributed by atoms with Crippen LogP contribution in [-0.2, 0) is 9.53 Å². The van der Waals surface area contributed by atoms with Crippen molar-refractivity contribution in [1.29, 1.82) is 15.8 Å². The fourth-order valence-corrected chi connectivity index (χ4v) is 0.544. The summed E-state index contributed by atoms with van der Waals surface area (Å²) < 4.78 is 4.46. The van der Waals surface area contributed by atoms with Crippen molar-refractivity contribution in [2.45, 2.75) is 6.92 Å². The van der Waals surface area contributed by atoms with Crippen molar-refractivity contribution < 1.29 is 9.53 Å². The van der Waals surface area contributed by atoms with Crippen LogP contribution in [-0.4, -0.2) is 12.6 Å². The van der Waals surface area contributed by atoms with Gasteiger partial charge in [-0.2, -0.15) is 15.8 Å². The maximum Gasteiger partial charge on any atom is 0.351 e. The number of hydrogen-bond acceptors (Lipinski definition) is 5. The molecule has 5 heteroatoms. The molecule has 0 fully saturated rings. The number of carbonyl (C=O) groups is 1. The molecule has 0 heterocycles. The van der Waals surface area contributed by atoms with Crippen LogP contribution >= 0.6 is 0 Å². The third-order valence-electron chi connectivity index (χ3n) is 1.06. The van der Waals surface area contributed by atoms with Crippen LogP contribution in [0.4, 0.5) is 0 Å². The van der Waals surface area contributed by atoms with Gasteiger partial charge < -0.3 is 4.74 Å². The lowest BCUT2D eigenvalue weighted by Gasteiger charge is -1.97. The van der Waals surface area contributed by atoms with Crippen LogP contribution in [0.1, 0.15) is 6.92 Å². The predicted molar refractivity (Wildman–Crippen MR) is 40.5 cm³/mol. The average molecular weight is 175 g/mol. The lowest BCUT2D eigenvalue weighted by molar-refractivity contribution is -0.138. The van der Waals surface area contributed by atoms with Crippen LogP contribution < -0.4 is 0 Å². The minimum atomic E-state index is -0.942. The zero-order valence-corrected chi connectivity index (χ0v) is 6.87. The minimum Gasteiger partial charge on any atom is -0.462 e. The van der Waals surface area contributed by atoms with Crippen LogP contribution in [0.15, 0.2) is 11.1 Å². The van der Waals surface area contributed by atoms with E-state index >= 15 is 0 Å². The monoisotopic (exact) mass is 175 g/mol. The third-order valence-corrected chi connectivity index (χ3v) is 1.06. The van der Waals surface area contributed by atoms with Gasteiger partial charge in [0.1, 0.15) is 18.2 Å². The maximum absolute atomic E-state index is 10.9. The summed E-state index contributed by atoms with van der Waals surface area (Å²) in [4.78, 5) is 10.9. The first-order chi connectivity index (χ1) is 6.21. The number of ether oxygens (including phenoxy) is 1. The Morgan fingerprint density at radius 1 is 1.23 bits per heavy atom. The molecule has 13 heavy (non-hydrogen) atoms. The molecule has 0 bridgehead atoms. The molecule has 0 saturated carbocycles. The zero-order valence-electron chi connectivity index (χ0n) is 6.87. The van der Waals surface area contributed by atoms with Crippen LogP contribution in [0, 0.1) is 34.0 Å². The van der Waals surface area contributed by atoms with Crippen LogP contribution in [0.3, 0.4) is 0 Å². The molecule has 0 unspecified atom stereocenters. The van der Waals surface area contributed by atoms with E-state index in [0.717, 1.165) is 0 Å². The molecule has 64 valence electrons. The van der Waals surface area contributed by atoms with Crippen LogP contribution in [0.5, 0.6) is 0 Å². The molecular formula is C8H5N3O2. The molecule has 0 aromatic heterocycles. The highest BCUT2D eigenvalue weighted by atomic mass is 16.5. The summed E-state index contributed by atoms with van der Waals surface area (Å²) >= 11 is 0. The summed E-state index contributed by atoms with van der Waals surface area (Å²) in [6.45, 7) is 1.65. The van der Waals surface area contributed by atoms with Gasteiger partial charge in [-0.3, -0.25) is 0 Å². The first kappa shape index (κ1) is 10.7. The van der Waals surface area contributed by atoms with Gasteiger partial charge in [-0.05, 0) is 6.92 Å². The standard InChI is InChI=1S/C8H5N3O2/c1-2-13-8(12)7(5-11)6(3-9)4-10/h2H2,1H3. The molecule has 0 rings (SSSR count). The SMILES string of the molecule is CCOC(=O)C(C#N)=C(C#N)C#N. The molecular weight excluding hydrogens is 170 g/mol. The van der Waals surface area contributed by atoms with E-state index < -0.39 is 17.1 Å². The van der Waals surface area contributed by atoms with Gasteiger partial charge in [0.25, 0.3) is 0 Å². The fraction of sp³-hybridized carbons (Fsp3) is 0.250. The van der Waals surface area contributed by atoms with Gasteiger partial charge in [0.15, 0.2) is 11.1 Å². The number of esters is 1. The van der Waals surface area contributed by atoms with E-state index in [2.05, 4.69) is 4.74 Å². The van der Waals surface area contributed by atoms with Crippen molar-refractivity contribution in [3.8, 4) is 18.2 Å². The molecule has 0 aliphatic heterocycles. The quantitative estimate of drug-likeness (QED) is 0.344. The largest absolute Gasteiger partial charge is 0.462 e. The number of nitrogens with zero attached hydrogens (tertiary/aromatic N) is 3. The Bertz CT molecular complexity index is 346. The van der Waals surface area contributed by atoms with Crippen molar-refractivity contribution in [3.05, 3.63) is 11.1 Å². The Morgan fingerprint density at radius 2 is 1.77 bits per heavy atom. The van der Waals surface area contributed by atoms with E-state index in [1.807, 2.05) is 0 Å². The molecule has 0 radical (unpaired) electrons.